The van der Waals surface area contributed by atoms with Crippen molar-refractivity contribution in [1.82, 2.24) is 15.2 Å². The minimum absolute atomic E-state index is 0.324. The summed E-state index contributed by atoms with van der Waals surface area (Å²) >= 11 is 12.0. The van der Waals surface area contributed by atoms with Crippen molar-refractivity contribution in [2.45, 2.75) is 0 Å². The third kappa shape index (κ3) is 2.17. The summed E-state index contributed by atoms with van der Waals surface area (Å²) in [5.74, 6) is 0.632. The van der Waals surface area contributed by atoms with Gasteiger partial charge in [-0.2, -0.15) is 0 Å². The third-order valence-electron chi connectivity index (χ3n) is 2.95. The zero-order valence-electron chi connectivity index (χ0n) is 10.5. The van der Waals surface area contributed by atoms with E-state index in [2.05, 4.69) is 15.2 Å². The number of rotatable bonds is 2. The highest BCUT2D eigenvalue weighted by Gasteiger charge is 2.14. The zero-order chi connectivity index (χ0) is 14.1. The molecule has 0 aliphatic rings. The first-order chi connectivity index (χ1) is 9.70. The van der Waals surface area contributed by atoms with Crippen LogP contribution in [0, 0.1) is 0 Å². The van der Waals surface area contributed by atoms with E-state index in [0.717, 1.165) is 16.3 Å². The summed E-state index contributed by atoms with van der Waals surface area (Å²) < 4.78 is 5.36. The summed E-state index contributed by atoms with van der Waals surface area (Å²) in [5.41, 5.74) is 1.48. The van der Waals surface area contributed by atoms with Crippen LogP contribution in [0.15, 0.2) is 36.7 Å². The molecule has 100 valence electrons. The summed E-state index contributed by atoms with van der Waals surface area (Å²) in [7, 11) is 1.59. The van der Waals surface area contributed by atoms with E-state index in [9.17, 15) is 0 Å². The van der Waals surface area contributed by atoms with Crippen molar-refractivity contribution in [1.29, 1.82) is 0 Å². The normalized spacial score (nSPS) is 10.8. The average molecular weight is 306 g/mol. The van der Waals surface area contributed by atoms with Crippen LogP contribution in [0.25, 0.3) is 22.0 Å². The van der Waals surface area contributed by atoms with E-state index in [0.29, 0.717) is 21.6 Å². The van der Waals surface area contributed by atoms with Crippen LogP contribution in [0.3, 0.4) is 0 Å². The molecule has 4 nitrogen and oxygen atoms in total. The van der Waals surface area contributed by atoms with Gasteiger partial charge in [0.15, 0.2) is 5.15 Å². The number of methoxy groups -OCH3 is 1. The van der Waals surface area contributed by atoms with Gasteiger partial charge in [0.2, 0.25) is 0 Å². The zero-order valence-corrected chi connectivity index (χ0v) is 12.0. The molecular formula is C14H9Cl2N3O. The summed E-state index contributed by atoms with van der Waals surface area (Å²) in [6.45, 7) is 0. The van der Waals surface area contributed by atoms with Crippen molar-refractivity contribution in [2.75, 3.05) is 7.11 Å². The SMILES string of the molecule is COc1cc(Cl)ccc1-c1nnc(Cl)c2cnccc12. The van der Waals surface area contributed by atoms with Gasteiger partial charge >= 0.3 is 0 Å². The maximum atomic E-state index is 6.05. The number of hydrogen-bond acceptors (Lipinski definition) is 4. The Morgan fingerprint density at radius 3 is 2.70 bits per heavy atom. The van der Waals surface area contributed by atoms with Gasteiger partial charge in [-0.1, -0.05) is 23.2 Å². The van der Waals surface area contributed by atoms with Gasteiger partial charge in [0, 0.05) is 33.8 Å². The van der Waals surface area contributed by atoms with Gasteiger partial charge in [0.05, 0.1) is 7.11 Å². The van der Waals surface area contributed by atoms with Crippen molar-refractivity contribution in [3.05, 3.63) is 46.8 Å². The topological polar surface area (TPSA) is 47.9 Å². The van der Waals surface area contributed by atoms with Crippen LogP contribution in [0.2, 0.25) is 10.2 Å². The molecule has 20 heavy (non-hydrogen) atoms. The average Bonchev–Trinajstić information content (AvgIpc) is 2.48. The summed E-state index contributed by atoms with van der Waals surface area (Å²) in [4.78, 5) is 4.06. The van der Waals surface area contributed by atoms with Gasteiger partial charge in [0.1, 0.15) is 11.4 Å². The third-order valence-corrected chi connectivity index (χ3v) is 3.47. The number of hydrogen-bond donors (Lipinski definition) is 0. The van der Waals surface area contributed by atoms with Gasteiger partial charge in [-0.05, 0) is 24.3 Å². The summed E-state index contributed by atoms with van der Waals surface area (Å²) in [6.07, 6.45) is 3.35. The number of halogens is 2. The van der Waals surface area contributed by atoms with Gasteiger partial charge in [0.25, 0.3) is 0 Å². The molecule has 0 unspecified atom stereocenters. The van der Waals surface area contributed by atoms with Crippen LogP contribution < -0.4 is 4.74 Å². The lowest BCUT2D eigenvalue weighted by molar-refractivity contribution is 0.416. The lowest BCUT2D eigenvalue weighted by Crippen LogP contribution is -1.95. The lowest BCUT2D eigenvalue weighted by Gasteiger charge is -2.10. The molecule has 0 aliphatic carbocycles. The fourth-order valence-electron chi connectivity index (χ4n) is 2.03. The highest BCUT2D eigenvalue weighted by molar-refractivity contribution is 6.34. The Hall–Kier alpha value is -1.91. The predicted molar refractivity (Wildman–Crippen MR) is 79.3 cm³/mol. The largest absolute Gasteiger partial charge is 0.496 e. The number of fused-ring (bicyclic) bond motifs is 1. The molecule has 0 amide bonds. The molecule has 0 fully saturated rings. The fourth-order valence-corrected chi connectivity index (χ4v) is 2.38. The molecule has 0 spiro atoms. The number of ether oxygens (including phenoxy) is 1. The van der Waals surface area contributed by atoms with E-state index >= 15 is 0 Å². The highest BCUT2D eigenvalue weighted by atomic mass is 35.5. The van der Waals surface area contributed by atoms with E-state index < -0.39 is 0 Å². The molecule has 0 N–H and O–H groups in total. The Balaban J connectivity index is 2.33. The molecule has 2 aromatic heterocycles. The van der Waals surface area contributed by atoms with Crippen LogP contribution >= 0.6 is 23.2 Å². The van der Waals surface area contributed by atoms with Gasteiger partial charge in [-0.3, -0.25) is 4.98 Å². The first-order valence-corrected chi connectivity index (χ1v) is 6.56. The van der Waals surface area contributed by atoms with Crippen molar-refractivity contribution >= 4 is 34.0 Å². The van der Waals surface area contributed by atoms with Crippen molar-refractivity contribution in [3.8, 4) is 17.0 Å². The molecule has 0 saturated carbocycles. The number of benzene rings is 1. The molecule has 0 aliphatic heterocycles. The summed E-state index contributed by atoms with van der Waals surface area (Å²) in [6, 6.07) is 7.21. The maximum absolute atomic E-state index is 6.05. The molecule has 0 atom stereocenters. The number of pyridine rings is 1. The second kappa shape index (κ2) is 5.23. The molecular weight excluding hydrogens is 297 g/mol. The van der Waals surface area contributed by atoms with E-state index in [1.165, 1.54) is 0 Å². The molecule has 3 aromatic rings. The number of aromatic nitrogens is 3. The van der Waals surface area contributed by atoms with Crippen LogP contribution in [0.1, 0.15) is 0 Å². The van der Waals surface area contributed by atoms with E-state index in [4.69, 9.17) is 27.9 Å². The molecule has 3 rings (SSSR count). The Labute approximate surface area is 125 Å². The van der Waals surface area contributed by atoms with Crippen molar-refractivity contribution in [2.24, 2.45) is 0 Å². The quantitative estimate of drug-likeness (QED) is 0.718. The Morgan fingerprint density at radius 2 is 1.90 bits per heavy atom. The van der Waals surface area contributed by atoms with Crippen LogP contribution in [0.5, 0.6) is 5.75 Å². The maximum Gasteiger partial charge on any atom is 0.161 e. The van der Waals surface area contributed by atoms with E-state index in [1.807, 2.05) is 12.1 Å². The number of nitrogens with zero attached hydrogens (tertiary/aromatic N) is 3. The summed E-state index contributed by atoms with van der Waals surface area (Å²) in [5, 5.41) is 10.7. The van der Waals surface area contributed by atoms with Crippen molar-refractivity contribution in [3.63, 3.8) is 0 Å². The minimum Gasteiger partial charge on any atom is -0.496 e. The van der Waals surface area contributed by atoms with Gasteiger partial charge in [-0.25, -0.2) is 0 Å². The first-order valence-electron chi connectivity index (χ1n) is 5.80. The molecule has 0 radical (unpaired) electrons. The monoisotopic (exact) mass is 305 g/mol. The van der Waals surface area contributed by atoms with E-state index in [1.54, 1.807) is 31.6 Å². The molecule has 1 aromatic carbocycles. The second-order valence-electron chi connectivity index (χ2n) is 4.11. The highest BCUT2D eigenvalue weighted by Crippen LogP contribution is 2.35. The van der Waals surface area contributed by atoms with Crippen molar-refractivity contribution < 1.29 is 4.74 Å². The Morgan fingerprint density at radius 1 is 1.05 bits per heavy atom. The van der Waals surface area contributed by atoms with Crippen LogP contribution in [0.4, 0.5) is 0 Å². The van der Waals surface area contributed by atoms with Gasteiger partial charge < -0.3 is 4.74 Å². The smallest absolute Gasteiger partial charge is 0.161 e. The molecule has 6 heteroatoms. The Bertz CT molecular complexity index is 792. The van der Waals surface area contributed by atoms with Crippen LogP contribution in [-0.4, -0.2) is 22.3 Å². The predicted octanol–water partition coefficient (Wildman–Crippen LogP) is 4.01. The van der Waals surface area contributed by atoms with Crippen LogP contribution in [-0.2, 0) is 0 Å². The minimum atomic E-state index is 0.324. The van der Waals surface area contributed by atoms with E-state index in [-0.39, 0.29) is 0 Å². The second-order valence-corrected chi connectivity index (χ2v) is 4.90. The fraction of sp³-hybridized carbons (Fsp3) is 0.0714. The lowest BCUT2D eigenvalue weighted by atomic mass is 10.1. The molecule has 0 saturated heterocycles. The standard InChI is InChI=1S/C14H9Cl2N3O/c1-20-12-6-8(15)2-3-10(12)13-9-4-5-17-7-11(9)14(16)19-18-13/h2-7H,1H3. The molecule has 0 bridgehead atoms. The van der Waals surface area contributed by atoms with Gasteiger partial charge in [-0.15, -0.1) is 10.2 Å². The first kappa shape index (κ1) is 13.1. The molecule has 2 heterocycles. The Kier molecular flexibility index (Phi) is 3.42.